The van der Waals surface area contributed by atoms with Crippen molar-refractivity contribution < 1.29 is 24.5 Å². The van der Waals surface area contributed by atoms with Gasteiger partial charge in [-0.25, -0.2) is 4.39 Å². The number of nitrogens with zero attached hydrogens (tertiary/aromatic N) is 2. The number of rotatable bonds is 1. The van der Waals surface area contributed by atoms with Crippen LogP contribution in [0, 0.1) is 22.1 Å². The van der Waals surface area contributed by atoms with E-state index in [0.717, 1.165) is 12.1 Å². The zero-order chi connectivity index (χ0) is 10.3. The Kier molecular flexibility index (Phi) is 6.95. The number of nitro groups is 1. The van der Waals surface area contributed by atoms with Crippen LogP contribution < -0.4 is 0 Å². The van der Waals surface area contributed by atoms with Crippen molar-refractivity contribution in [3.63, 3.8) is 0 Å². The van der Waals surface area contributed by atoms with Gasteiger partial charge in [0.15, 0.2) is 5.82 Å². The fourth-order valence-corrected chi connectivity index (χ4v) is 0.435. The van der Waals surface area contributed by atoms with Gasteiger partial charge in [-0.15, -0.1) is 0 Å². The van der Waals surface area contributed by atoms with Crippen molar-refractivity contribution in [2.45, 2.75) is 0 Å². The molecule has 4 nitrogen and oxygen atoms in total. The molecule has 0 saturated heterocycles. The molecular formula is C5H2Cl2FN2O2Zn. The molecule has 0 amide bonds. The molecule has 0 N–H and O–H groups in total. The molecule has 13 heavy (non-hydrogen) atoms. The topological polar surface area (TPSA) is 56.0 Å². The van der Waals surface area contributed by atoms with E-state index in [1.165, 1.54) is 0 Å². The third kappa shape index (κ3) is 5.85. The van der Waals surface area contributed by atoms with E-state index in [4.69, 9.17) is 19.4 Å². The van der Waals surface area contributed by atoms with Crippen molar-refractivity contribution in [3.8, 4) is 0 Å². The molecule has 0 fully saturated rings. The maximum absolute atomic E-state index is 12.0. The predicted molar refractivity (Wildman–Crippen MR) is 41.4 cm³/mol. The van der Waals surface area contributed by atoms with E-state index in [1.807, 2.05) is 6.20 Å². The average Bonchev–Trinajstić information content (AvgIpc) is 2.06. The van der Waals surface area contributed by atoms with Gasteiger partial charge in [0.2, 0.25) is 0 Å². The molecule has 1 rings (SSSR count). The quantitative estimate of drug-likeness (QED) is 0.449. The molecule has 0 atom stereocenters. The number of hydrogen-bond donors (Lipinski definition) is 0. The average molecular weight is 277 g/mol. The molecule has 0 aliphatic carbocycles. The van der Waals surface area contributed by atoms with Gasteiger partial charge >= 0.3 is 40.3 Å². The van der Waals surface area contributed by atoms with Gasteiger partial charge < -0.3 is 10.1 Å². The molecule has 0 spiro atoms. The summed E-state index contributed by atoms with van der Waals surface area (Å²) in [6.07, 6.45) is 1.82. The molecule has 0 aliphatic rings. The van der Waals surface area contributed by atoms with E-state index in [-0.39, 0.29) is 0 Å². The maximum atomic E-state index is 12.0. The molecule has 1 radical (unpaired) electrons. The van der Waals surface area contributed by atoms with Gasteiger partial charge in [0.25, 0.3) is 6.20 Å². The zero-order valence-electron chi connectivity index (χ0n) is 6.21. The first-order chi connectivity index (χ1) is 6.11. The molecule has 1 aromatic heterocycles. The Morgan fingerprint density at radius 1 is 1.62 bits per heavy atom. The standard InChI is InChI=1S/C5H2FN2O2.2ClH.Zn/c6-4-1-2-5(7-3-4)8(9)10;;;/h1-2H;2*1H;/q;;;+2/p-2. The monoisotopic (exact) mass is 275 g/mol. The molecule has 8 heteroatoms. The number of halogens is 3. The van der Waals surface area contributed by atoms with Crippen LogP contribution in [0.25, 0.3) is 0 Å². The summed E-state index contributed by atoms with van der Waals surface area (Å²) in [6, 6.07) is 1.91. The third-order valence-electron chi connectivity index (χ3n) is 0.843. The number of hydrogen-bond acceptors (Lipinski definition) is 3. The van der Waals surface area contributed by atoms with Gasteiger partial charge in [0.05, 0.1) is 0 Å². The van der Waals surface area contributed by atoms with Crippen molar-refractivity contribution in [2.24, 2.45) is 0 Å². The molecule has 0 aliphatic heterocycles. The first-order valence-electron chi connectivity index (χ1n) is 2.92. The summed E-state index contributed by atoms with van der Waals surface area (Å²) in [7, 11) is 9.90. The zero-order valence-corrected chi connectivity index (χ0v) is 10.7. The summed E-state index contributed by atoms with van der Waals surface area (Å²) in [5.74, 6) is -1.10. The van der Waals surface area contributed by atoms with Gasteiger partial charge in [0.1, 0.15) is 0 Å². The first-order valence-corrected chi connectivity index (χ1v) is 10.7. The SMILES string of the molecule is O=[N+]([O-])c1ccc(F)[c]n1.[Cl][Zn][Cl]. The second-order valence-corrected chi connectivity index (χ2v) is 6.24. The Balaban J connectivity index is 0.000000424. The summed E-state index contributed by atoms with van der Waals surface area (Å²) < 4.78 is 12.0. The molecular weight excluding hydrogens is 275 g/mol. The van der Waals surface area contributed by atoms with E-state index in [1.54, 1.807) is 0 Å². The summed E-state index contributed by atoms with van der Waals surface area (Å²) in [5, 5.41) is 9.91. The molecule has 0 saturated carbocycles. The van der Waals surface area contributed by atoms with Crippen molar-refractivity contribution in [1.82, 2.24) is 4.98 Å². The van der Waals surface area contributed by atoms with Gasteiger partial charge in [-0.3, -0.25) is 0 Å². The third-order valence-corrected chi connectivity index (χ3v) is 0.843. The summed E-state index contributed by atoms with van der Waals surface area (Å²) >= 11 is -0.931. The summed E-state index contributed by atoms with van der Waals surface area (Å²) in [5.41, 5.74) is 0. The van der Waals surface area contributed by atoms with E-state index >= 15 is 0 Å². The van der Waals surface area contributed by atoms with Crippen LogP contribution in [0.15, 0.2) is 12.1 Å². The van der Waals surface area contributed by atoms with Gasteiger partial charge in [-0.1, -0.05) is 0 Å². The van der Waals surface area contributed by atoms with Crippen LogP contribution in [-0.2, 0) is 15.1 Å². The van der Waals surface area contributed by atoms with Crippen LogP contribution in [0.4, 0.5) is 10.2 Å². The Labute approximate surface area is 88.9 Å². The van der Waals surface area contributed by atoms with Crippen LogP contribution >= 0.6 is 19.4 Å². The van der Waals surface area contributed by atoms with Gasteiger partial charge in [-0.2, -0.15) is 0 Å². The fourth-order valence-electron chi connectivity index (χ4n) is 0.435. The Morgan fingerprint density at radius 2 is 2.15 bits per heavy atom. The van der Waals surface area contributed by atoms with E-state index in [9.17, 15) is 14.5 Å². The predicted octanol–water partition coefficient (Wildman–Crippen LogP) is 2.31. The van der Waals surface area contributed by atoms with Crippen LogP contribution in [0.1, 0.15) is 0 Å². The second kappa shape index (κ2) is 7.12. The van der Waals surface area contributed by atoms with Crippen molar-refractivity contribution >= 4 is 25.2 Å². The fraction of sp³-hybridized carbons (Fsp3) is 0. The van der Waals surface area contributed by atoms with Gasteiger partial charge in [-0.05, 0) is 16.0 Å². The minimum atomic E-state index is -0.931. The summed E-state index contributed by atoms with van der Waals surface area (Å²) in [4.78, 5) is 12.3. The Bertz CT molecular complexity index is 272. The molecule has 0 bridgehead atoms. The van der Waals surface area contributed by atoms with Crippen molar-refractivity contribution in [3.05, 3.63) is 34.3 Å². The van der Waals surface area contributed by atoms with E-state index < -0.39 is 31.7 Å². The summed E-state index contributed by atoms with van der Waals surface area (Å²) in [6.45, 7) is 0. The van der Waals surface area contributed by atoms with E-state index in [0.29, 0.717) is 0 Å². The number of pyridine rings is 1. The van der Waals surface area contributed by atoms with Crippen LogP contribution in [0.5, 0.6) is 0 Å². The van der Waals surface area contributed by atoms with Crippen LogP contribution in [0.2, 0.25) is 0 Å². The first kappa shape index (κ1) is 12.7. The van der Waals surface area contributed by atoms with Crippen LogP contribution in [0.3, 0.4) is 0 Å². The molecule has 67 valence electrons. The van der Waals surface area contributed by atoms with Crippen LogP contribution in [-0.4, -0.2) is 9.91 Å². The van der Waals surface area contributed by atoms with Gasteiger partial charge in [0, 0.05) is 6.07 Å². The Morgan fingerprint density at radius 3 is 2.46 bits per heavy atom. The second-order valence-electron chi connectivity index (χ2n) is 1.62. The molecule has 0 unspecified atom stereocenters. The normalized spacial score (nSPS) is 7.92. The van der Waals surface area contributed by atoms with Crippen molar-refractivity contribution in [2.75, 3.05) is 0 Å². The molecule has 1 aromatic rings. The minimum absolute atomic E-state index is 0.401. The Hall–Kier alpha value is -0.317. The van der Waals surface area contributed by atoms with E-state index in [2.05, 4.69) is 4.98 Å². The van der Waals surface area contributed by atoms with Crippen molar-refractivity contribution in [1.29, 1.82) is 0 Å². The molecule has 1 heterocycles. The number of aromatic nitrogens is 1. The molecule has 0 aromatic carbocycles.